The molecular formula is C21H23N3O2S. The van der Waals surface area contributed by atoms with E-state index < -0.39 is 0 Å². The van der Waals surface area contributed by atoms with Crippen molar-refractivity contribution in [1.29, 1.82) is 0 Å². The van der Waals surface area contributed by atoms with Crippen molar-refractivity contribution in [3.63, 3.8) is 0 Å². The first-order valence-corrected chi connectivity index (χ1v) is 10.0. The largest absolute Gasteiger partial charge is 0.373 e. The number of ether oxygens (including phenoxy) is 1. The first-order chi connectivity index (χ1) is 13.2. The van der Waals surface area contributed by atoms with Crippen molar-refractivity contribution in [3.05, 3.63) is 76.0 Å². The Bertz CT molecular complexity index is 897. The van der Waals surface area contributed by atoms with Gasteiger partial charge in [-0.2, -0.15) is 0 Å². The summed E-state index contributed by atoms with van der Waals surface area (Å²) in [6.45, 7) is 2.04. The number of nitrogens with zero attached hydrogens (tertiary/aromatic N) is 3. The lowest BCUT2D eigenvalue weighted by molar-refractivity contribution is 0.0785. The molecule has 1 aromatic carbocycles. The van der Waals surface area contributed by atoms with E-state index in [9.17, 15) is 4.79 Å². The summed E-state index contributed by atoms with van der Waals surface area (Å²) in [5.41, 5.74) is 1.21. The maximum Gasteiger partial charge on any atom is 0.264 e. The molecule has 1 amide bonds. The van der Waals surface area contributed by atoms with Crippen molar-refractivity contribution in [3.8, 4) is 0 Å². The Kier molecular flexibility index (Phi) is 5.36. The van der Waals surface area contributed by atoms with E-state index in [0.717, 1.165) is 41.6 Å². The topological polar surface area (TPSA) is 47.4 Å². The molecule has 1 saturated heterocycles. The molecule has 0 bridgehead atoms. The van der Waals surface area contributed by atoms with Crippen molar-refractivity contribution in [2.24, 2.45) is 0 Å². The smallest absolute Gasteiger partial charge is 0.264 e. The molecule has 0 aliphatic carbocycles. The minimum Gasteiger partial charge on any atom is -0.373 e. The van der Waals surface area contributed by atoms with Crippen LogP contribution in [0.2, 0.25) is 0 Å². The second kappa shape index (κ2) is 8.06. The lowest BCUT2D eigenvalue weighted by Gasteiger charge is -2.17. The van der Waals surface area contributed by atoms with Crippen LogP contribution in [0, 0.1) is 0 Å². The van der Waals surface area contributed by atoms with E-state index in [0.29, 0.717) is 6.54 Å². The number of thiophene rings is 1. The summed E-state index contributed by atoms with van der Waals surface area (Å²) < 4.78 is 7.81. The number of benzene rings is 1. The van der Waals surface area contributed by atoms with Crippen LogP contribution >= 0.6 is 11.3 Å². The first kappa shape index (κ1) is 17.9. The molecule has 3 heterocycles. The molecule has 140 valence electrons. The van der Waals surface area contributed by atoms with Gasteiger partial charge in [0.2, 0.25) is 0 Å². The Labute approximate surface area is 163 Å². The molecule has 2 aromatic heterocycles. The second-order valence-electron chi connectivity index (χ2n) is 6.82. The first-order valence-electron chi connectivity index (χ1n) is 9.21. The SMILES string of the molecule is CN(Cc1nccn1Cc1ccccc1)C(=O)c1ccc([C@@H]2CCCO2)s1. The Morgan fingerprint density at radius 1 is 1.30 bits per heavy atom. The van der Waals surface area contributed by atoms with Crippen molar-refractivity contribution < 1.29 is 9.53 Å². The van der Waals surface area contributed by atoms with Gasteiger partial charge in [0.15, 0.2) is 0 Å². The van der Waals surface area contributed by atoms with Crippen LogP contribution in [0.15, 0.2) is 54.9 Å². The maximum atomic E-state index is 12.8. The molecular weight excluding hydrogens is 358 g/mol. The number of aromatic nitrogens is 2. The summed E-state index contributed by atoms with van der Waals surface area (Å²) in [6, 6.07) is 14.2. The van der Waals surface area contributed by atoms with Crippen molar-refractivity contribution >= 4 is 17.2 Å². The molecule has 27 heavy (non-hydrogen) atoms. The zero-order chi connectivity index (χ0) is 18.6. The molecule has 1 aliphatic rings. The summed E-state index contributed by atoms with van der Waals surface area (Å²) in [7, 11) is 1.83. The molecule has 1 aliphatic heterocycles. The van der Waals surface area contributed by atoms with Gasteiger partial charge in [0.1, 0.15) is 5.82 Å². The van der Waals surface area contributed by atoms with Crippen LogP contribution < -0.4 is 0 Å². The minimum atomic E-state index is 0.0264. The van der Waals surface area contributed by atoms with Gasteiger partial charge in [-0.25, -0.2) is 4.98 Å². The zero-order valence-corrected chi connectivity index (χ0v) is 16.2. The number of carbonyl (C=O) groups excluding carboxylic acids is 1. The van der Waals surface area contributed by atoms with Crippen LogP contribution in [0.4, 0.5) is 0 Å². The highest BCUT2D eigenvalue weighted by atomic mass is 32.1. The summed E-state index contributed by atoms with van der Waals surface area (Å²) in [6.07, 6.45) is 6.04. The quantitative estimate of drug-likeness (QED) is 0.645. The van der Waals surface area contributed by atoms with E-state index in [4.69, 9.17) is 4.74 Å². The summed E-state index contributed by atoms with van der Waals surface area (Å²) >= 11 is 1.54. The van der Waals surface area contributed by atoms with E-state index in [1.165, 1.54) is 5.56 Å². The molecule has 3 aromatic rings. The normalized spacial score (nSPS) is 16.6. The molecule has 0 unspecified atom stereocenters. The van der Waals surface area contributed by atoms with Gasteiger partial charge in [-0.3, -0.25) is 4.79 Å². The molecule has 0 saturated carbocycles. The summed E-state index contributed by atoms with van der Waals surface area (Å²) in [5.74, 6) is 0.907. The molecule has 0 radical (unpaired) electrons. The van der Waals surface area contributed by atoms with E-state index in [2.05, 4.69) is 21.7 Å². The van der Waals surface area contributed by atoms with E-state index in [-0.39, 0.29) is 12.0 Å². The molecule has 4 rings (SSSR count). The summed E-state index contributed by atoms with van der Waals surface area (Å²) in [5, 5.41) is 0. The Morgan fingerprint density at radius 3 is 2.93 bits per heavy atom. The predicted octanol–water partition coefficient (Wildman–Crippen LogP) is 4.12. The predicted molar refractivity (Wildman–Crippen MR) is 106 cm³/mol. The Balaban J connectivity index is 1.42. The van der Waals surface area contributed by atoms with Gasteiger partial charge in [-0.15, -0.1) is 11.3 Å². The third-order valence-electron chi connectivity index (χ3n) is 4.81. The maximum absolute atomic E-state index is 12.8. The lowest BCUT2D eigenvalue weighted by atomic mass is 10.2. The Morgan fingerprint density at radius 2 is 2.15 bits per heavy atom. The van der Waals surface area contributed by atoms with Crippen LogP contribution in [0.25, 0.3) is 0 Å². The van der Waals surface area contributed by atoms with E-state index in [1.54, 1.807) is 22.4 Å². The third kappa shape index (κ3) is 4.12. The van der Waals surface area contributed by atoms with Gasteiger partial charge in [-0.1, -0.05) is 30.3 Å². The van der Waals surface area contributed by atoms with E-state index >= 15 is 0 Å². The van der Waals surface area contributed by atoms with Gasteiger partial charge >= 0.3 is 0 Å². The number of imidazole rings is 1. The summed E-state index contributed by atoms with van der Waals surface area (Å²) in [4.78, 5) is 20.9. The minimum absolute atomic E-state index is 0.0264. The van der Waals surface area contributed by atoms with Crippen molar-refractivity contribution in [2.75, 3.05) is 13.7 Å². The fourth-order valence-electron chi connectivity index (χ4n) is 3.33. The van der Waals surface area contributed by atoms with Gasteiger partial charge in [0.05, 0.1) is 17.5 Å². The van der Waals surface area contributed by atoms with Gasteiger partial charge < -0.3 is 14.2 Å². The van der Waals surface area contributed by atoms with Crippen LogP contribution in [0.3, 0.4) is 0 Å². The third-order valence-corrected chi connectivity index (χ3v) is 5.97. The number of hydrogen-bond acceptors (Lipinski definition) is 4. The van der Waals surface area contributed by atoms with Crippen LogP contribution in [0.1, 0.15) is 44.9 Å². The van der Waals surface area contributed by atoms with Crippen LogP contribution in [-0.2, 0) is 17.8 Å². The number of rotatable bonds is 6. The van der Waals surface area contributed by atoms with Crippen molar-refractivity contribution in [2.45, 2.75) is 32.0 Å². The molecule has 6 heteroatoms. The Hall–Kier alpha value is -2.44. The standard InChI is InChI=1S/C21H23N3O2S/c1-23(21(25)19-10-9-18(27-19)17-8-5-13-26-17)15-20-22-11-12-24(20)14-16-6-3-2-4-7-16/h2-4,6-7,9-12,17H,5,8,13-15H2,1H3/t17-/m0/s1. The molecule has 0 N–H and O–H groups in total. The monoisotopic (exact) mass is 381 g/mol. The van der Waals surface area contributed by atoms with Gasteiger partial charge in [-0.05, 0) is 30.5 Å². The molecule has 1 fully saturated rings. The van der Waals surface area contributed by atoms with Gasteiger partial charge in [0.25, 0.3) is 5.91 Å². The average Bonchev–Trinajstić information content (AvgIpc) is 3.44. The fraction of sp³-hybridized carbons (Fsp3) is 0.333. The van der Waals surface area contributed by atoms with Crippen molar-refractivity contribution in [1.82, 2.24) is 14.5 Å². The molecule has 5 nitrogen and oxygen atoms in total. The lowest BCUT2D eigenvalue weighted by Crippen LogP contribution is -2.27. The van der Waals surface area contributed by atoms with Crippen LogP contribution in [-0.4, -0.2) is 34.0 Å². The fourth-order valence-corrected chi connectivity index (χ4v) is 4.42. The highest BCUT2D eigenvalue weighted by Gasteiger charge is 2.22. The number of hydrogen-bond donors (Lipinski definition) is 0. The highest BCUT2D eigenvalue weighted by Crippen LogP contribution is 2.33. The molecule has 0 spiro atoms. The number of amides is 1. The molecule has 1 atom stereocenters. The second-order valence-corrected chi connectivity index (χ2v) is 7.94. The number of carbonyl (C=O) groups is 1. The van der Waals surface area contributed by atoms with Crippen LogP contribution in [0.5, 0.6) is 0 Å². The van der Waals surface area contributed by atoms with E-state index in [1.807, 2.05) is 43.6 Å². The zero-order valence-electron chi connectivity index (χ0n) is 15.4. The average molecular weight is 382 g/mol. The van der Waals surface area contributed by atoms with Gasteiger partial charge in [0, 0.05) is 37.5 Å². The highest BCUT2D eigenvalue weighted by molar-refractivity contribution is 7.14.